The normalized spacial score (nSPS) is 7.48. The molecular formula is C16H16Na2O7S2. The molecule has 136 valence electrons. The Morgan fingerprint density at radius 1 is 0.778 bits per heavy atom. The zero-order valence-corrected chi connectivity index (χ0v) is 21.1. The Labute approximate surface area is 206 Å². The van der Waals surface area contributed by atoms with E-state index in [1.54, 1.807) is 31.2 Å². The van der Waals surface area contributed by atoms with Gasteiger partial charge in [0.15, 0.2) is 0 Å². The van der Waals surface area contributed by atoms with Gasteiger partial charge in [-0.25, -0.2) is 0 Å². The zero-order chi connectivity index (χ0) is 19.7. The number of ketones is 1. The minimum absolute atomic E-state index is 0. The molecule has 0 fully saturated rings. The topological polar surface area (TPSA) is 119 Å². The fourth-order valence-corrected chi connectivity index (χ4v) is 1.28. The molecule has 0 bridgehead atoms. The third kappa shape index (κ3) is 30.3. The Hall–Kier alpha value is -0.650. The average Bonchev–Trinajstić information content (AvgIpc) is 2.56. The van der Waals surface area contributed by atoms with Gasteiger partial charge in [-0.2, -0.15) is 66.2 Å². The molecule has 0 aliphatic rings. The van der Waals surface area contributed by atoms with Crippen LogP contribution in [0, 0.1) is 12.1 Å². The Bertz CT molecular complexity index is 781. The van der Waals surface area contributed by atoms with Crippen LogP contribution in [0.4, 0.5) is 0 Å². The molecule has 0 spiro atoms. The van der Waals surface area contributed by atoms with Gasteiger partial charge in [0.25, 0.3) is 0 Å². The number of rotatable bonds is 2. The summed E-state index contributed by atoms with van der Waals surface area (Å²) in [6.45, 7) is 3.70. The molecule has 2 aromatic rings. The van der Waals surface area contributed by atoms with Crippen molar-refractivity contribution in [3.05, 3.63) is 71.8 Å². The molecule has 0 radical (unpaired) electrons. The van der Waals surface area contributed by atoms with Gasteiger partial charge in [0.2, 0.25) is 0 Å². The Morgan fingerprint density at radius 2 is 1.07 bits per heavy atom. The number of aryl methyl sites for hydroxylation is 1. The summed E-state index contributed by atoms with van der Waals surface area (Å²) >= 11 is 0. The smallest absolute Gasteiger partial charge is 0.297 e. The molecule has 27 heavy (non-hydrogen) atoms. The fraction of sp³-hybridized carbons (Fsp3) is 0.188. The molecule has 0 aliphatic heterocycles. The zero-order valence-electron chi connectivity index (χ0n) is 15.5. The Morgan fingerprint density at radius 3 is 1.26 bits per heavy atom. The van der Waals surface area contributed by atoms with Gasteiger partial charge < -0.3 is 0 Å². The molecule has 0 aromatic heterocycles. The quantitative estimate of drug-likeness (QED) is 0.269. The first-order valence-corrected chi connectivity index (χ1v) is 8.66. The third-order valence-corrected chi connectivity index (χ3v) is 2.32. The largest absolute Gasteiger partial charge is 1.00 e. The van der Waals surface area contributed by atoms with Crippen molar-refractivity contribution in [2.24, 2.45) is 0 Å². The monoisotopic (exact) mass is 430 g/mol. The molecule has 7 nitrogen and oxygen atoms in total. The van der Waals surface area contributed by atoms with Gasteiger partial charge in [0.05, 0.1) is 0 Å². The van der Waals surface area contributed by atoms with Crippen LogP contribution in [0.2, 0.25) is 0 Å². The van der Waals surface area contributed by atoms with E-state index in [2.05, 4.69) is 31.2 Å². The van der Waals surface area contributed by atoms with Crippen molar-refractivity contribution >= 4 is 27.0 Å². The summed E-state index contributed by atoms with van der Waals surface area (Å²) in [7, 11) is -6.22. The number of benzene rings is 2. The molecule has 2 aromatic carbocycles. The van der Waals surface area contributed by atoms with Crippen LogP contribution in [-0.4, -0.2) is 31.0 Å². The summed E-state index contributed by atoms with van der Waals surface area (Å²) in [4.78, 5) is 10.6. The SMILES string of the molecule is CC(=O)c1cc[c-]cc1.CCc1cc[c-]cc1.O=S(=O)=O.O=S(=O)=O.[Na+].[Na+]. The molecular weight excluding hydrogens is 414 g/mol. The molecule has 0 aliphatic carbocycles. The predicted octanol–water partition coefficient (Wildman–Crippen LogP) is -4.26. The summed E-state index contributed by atoms with van der Waals surface area (Å²) in [6, 6.07) is 20.8. The van der Waals surface area contributed by atoms with Crippen LogP contribution in [0.5, 0.6) is 0 Å². The van der Waals surface area contributed by atoms with Crippen molar-refractivity contribution in [1.29, 1.82) is 0 Å². The van der Waals surface area contributed by atoms with Crippen LogP contribution in [0.1, 0.15) is 29.8 Å². The second-order valence-corrected chi connectivity index (χ2v) is 4.83. The maximum atomic E-state index is 10.6. The molecule has 0 amide bonds. The minimum atomic E-state index is -3.11. The van der Waals surface area contributed by atoms with E-state index in [4.69, 9.17) is 25.3 Å². The van der Waals surface area contributed by atoms with E-state index in [0.29, 0.717) is 0 Å². The Kier molecular flexibility index (Phi) is 29.4. The first-order valence-electron chi connectivity index (χ1n) is 6.66. The van der Waals surface area contributed by atoms with Crippen molar-refractivity contribution in [3.8, 4) is 0 Å². The number of Topliss-reactive ketones (excluding diaryl/α,β-unsaturated/α-hetero) is 1. The molecule has 0 saturated carbocycles. The van der Waals surface area contributed by atoms with E-state index in [-0.39, 0.29) is 64.9 Å². The molecule has 0 atom stereocenters. The van der Waals surface area contributed by atoms with E-state index < -0.39 is 21.2 Å². The average molecular weight is 430 g/mol. The first-order chi connectivity index (χ1) is 11.7. The van der Waals surface area contributed by atoms with Gasteiger partial charge in [-0.15, -0.1) is 25.3 Å². The van der Waals surface area contributed by atoms with Gasteiger partial charge in [0.1, 0.15) is 5.78 Å². The Balaban J connectivity index is -0.000000136. The van der Waals surface area contributed by atoms with Crippen LogP contribution in [0.25, 0.3) is 0 Å². The second kappa shape index (κ2) is 23.4. The van der Waals surface area contributed by atoms with Gasteiger partial charge in [-0.3, -0.25) is 4.79 Å². The summed E-state index contributed by atoms with van der Waals surface area (Å²) in [6.07, 6.45) is 1.12. The van der Waals surface area contributed by atoms with Crippen LogP contribution in [0.3, 0.4) is 0 Å². The van der Waals surface area contributed by atoms with Crippen LogP contribution in [-0.2, 0) is 27.6 Å². The summed E-state index contributed by atoms with van der Waals surface area (Å²) in [5, 5.41) is 0. The molecule has 0 N–H and O–H groups in total. The maximum Gasteiger partial charge on any atom is 1.00 e. The van der Waals surface area contributed by atoms with E-state index in [1.807, 2.05) is 12.1 Å². The van der Waals surface area contributed by atoms with E-state index in [1.165, 1.54) is 5.56 Å². The first kappa shape index (κ1) is 33.9. The molecule has 2 rings (SSSR count). The fourth-order valence-electron chi connectivity index (χ4n) is 1.28. The number of hydrogen-bond donors (Lipinski definition) is 0. The van der Waals surface area contributed by atoms with Crippen LogP contribution >= 0.6 is 0 Å². The minimum Gasteiger partial charge on any atom is -0.297 e. The van der Waals surface area contributed by atoms with Crippen molar-refractivity contribution in [1.82, 2.24) is 0 Å². The molecule has 0 unspecified atom stereocenters. The van der Waals surface area contributed by atoms with Crippen LogP contribution in [0.15, 0.2) is 48.5 Å². The van der Waals surface area contributed by atoms with E-state index >= 15 is 0 Å². The van der Waals surface area contributed by atoms with E-state index in [9.17, 15) is 4.79 Å². The number of hydrogen-bond acceptors (Lipinski definition) is 7. The van der Waals surface area contributed by atoms with Crippen LogP contribution < -0.4 is 59.1 Å². The second-order valence-electron chi connectivity index (χ2n) is 4.01. The third-order valence-electron chi connectivity index (χ3n) is 2.32. The number of carbonyl (C=O) groups is 1. The van der Waals surface area contributed by atoms with Crippen molar-refractivity contribution < 1.29 is 89.2 Å². The summed E-state index contributed by atoms with van der Waals surface area (Å²) in [5.41, 5.74) is 2.12. The summed E-state index contributed by atoms with van der Waals surface area (Å²) in [5.74, 6) is 0.101. The molecule has 0 saturated heterocycles. The van der Waals surface area contributed by atoms with E-state index in [0.717, 1.165) is 12.0 Å². The van der Waals surface area contributed by atoms with Gasteiger partial charge in [-0.1, -0.05) is 18.9 Å². The summed E-state index contributed by atoms with van der Waals surface area (Å²) < 4.78 is 50.7. The molecule has 11 heteroatoms. The van der Waals surface area contributed by atoms with Gasteiger partial charge in [0, 0.05) is 0 Å². The predicted molar refractivity (Wildman–Crippen MR) is 89.3 cm³/mol. The van der Waals surface area contributed by atoms with Gasteiger partial charge in [-0.05, 0) is 6.92 Å². The van der Waals surface area contributed by atoms with Crippen molar-refractivity contribution in [2.45, 2.75) is 20.3 Å². The standard InChI is InChI=1S/C8H7O.C8H9.2Na.2O3S/c1-7(9)8-5-3-2-4-6-8;1-2-8-6-4-3-5-7-8;;;2*1-4(2)3/h3-6H,1H3;4-7H,2H2,1H3;;;;/q2*-1;2*+1;;. The van der Waals surface area contributed by atoms with Crippen molar-refractivity contribution in [3.63, 3.8) is 0 Å². The molecule has 0 heterocycles. The van der Waals surface area contributed by atoms with Crippen molar-refractivity contribution in [2.75, 3.05) is 0 Å². The maximum absolute atomic E-state index is 10.6. The van der Waals surface area contributed by atoms with Gasteiger partial charge >= 0.3 is 80.3 Å². The number of carbonyl (C=O) groups excluding carboxylic acids is 1.